The Labute approximate surface area is 88.0 Å². The predicted octanol–water partition coefficient (Wildman–Crippen LogP) is 1.24. The van der Waals surface area contributed by atoms with Gasteiger partial charge in [-0.05, 0) is 24.6 Å². The number of aliphatic hydroxyl groups is 1. The van der Waals surface area contributed by atoms with Gasteiger partial charge in [0, 0.05) is 0 Å². The average Bonchev–Trinajstić information content (AvgIpc) is 2.58. The van der Waals surface area contributed by atoms with Crippen molar-refractivity contribution in [2.24, 2.45) is 0 Å². The summed E-state index contributed by atoms with van der Waals surface area (Å²) in [6.45, 7) is 1.82. The zero-order valence-electron chi connectivity index (χ0n) is 8.51. The van der Waals surface area contributed by atoms with Crippen LogP contribution in [-0.2, 0) is 16.2 Å². The maximum atomic E-state index is 11.5. The standard InChI is InChI=1S/C11H13NO3/c1-8-5-11(14)12(15-8)10-4-2-3-9(6-10)7-13/h2-4,6,8,13H,5,7H2,1H3. The number of hydrogen-bond acceptors (Lipinski definition) is 3. The van der Waals surface area contributed by atoms with Crippen LogP contribution in [-0.4, -0.2) is 17.1 Å². The lowest BCUT2D eigenvalue weighted by molar-refractivity contribution is -0.119. The SMILES string of the molecule is CC1CC(=O)N(c2cccc(CO)c2)O1. The number of carbonyl (C=O) groups excluding carboxylic acids is 1. The second-order valence-corrected chi connectivity index (χ2v) is 3.64. The zero-order valence-corrected chi connectivity index (χ0v) is 8.51. The van der Waals surface area contributed by atoms with E-state index >= 15 is 0 Å². The molecule has 80 valence electrons. The summed E-state index contributed by atoms with van der Waals surface area (Å²) in [6, 6.07) is 7.12. The number of carbonyl (C=O) groups is 1. The zero-order chi connectivity index (χ0) is 10.8. The Morgan fingerprint density at radius 2 is 2.40 bits per heavy atom. The predicted molar refractivity (Wildman–Crippen MR) is 55.0 cm³/mol. The normalized spacial score (nSPS) is 21.1. The summed E-state index contributed by atoms with van der Waals surface area (Å²) in [5, 5.41) is 10.3. The van der Waals surface area contributed by atoms with Crippen molar-refractivity contribution in [1.29, 1.82) is 0 Å². The van der Waals surface area contributed by atoms with Crippen molar-refractivity contribution in [2.45, 2.75) is 26.1 Å². The van der Waals surface area contributed by atoms with Gasteiger partial charge < -0.3 is 5.11 Å². The van der Waals surface area contributed by atoms with E-state index in [1.165, 1.54) is 5.06 Å². The highest BCUT2D eigenvalue weighted by molar-refractivity contribution is 5.93. The molecule has 1 aliphatic heterocycles. The van der Waals surface area contributed by atoms with Crippen LogP contribution in [0.1, 0.15) is 18.9 Å². The third-order valence-corrected chi connectivity index (χ3v) is 2.30. The molecule has 1 saturated heterocycles. The van der Waals surface area contributed by atoms with Gasteiger partial charge in [-0.1, -0.05) is 12.1 Å². The van der Waals surface area contributed by atoms with E-state index in [-0.39, 0.29) is 18.6 Å². The van der Waals surface area contributed by atoms with Gasteiger partial charge in [-0.25, -0.2) is 0 Å². The molecule has 4 heteroatoms. The first-order valence-corrected chi connectivity index (χ1v) is 4.90. The summed E-state index contributed by atoms with van der Waals surface area (Å²) in [4.78, 5) is 16.9. The van der Waals surface area contributed by atoms with E-state index in [2.05, 4.69) is 0 Å². The number of hydroxylamine groups is 1. The number of rotatable bonds is 2. The molecular weight excluding hydrogens is 194 g/mol. The van der Waals surface area contributed by atoms with Gasteiger partial charge in [0.15, 0.2) is 0 Å². The maximum absolute atomic E-state index is 11.5. The molecule has 4 nitrogen and oxygen atoms in total. The summed E-state index contributed by atoms with van der Waals surface area (Å²) >= 11 is 0. The van der Waals surface area contributed by atoms with Crippen molar-refractivity contribution in [1.82, 2.24) is 0 Å². The second-order valence-electron chi connectivity index (χ2n) is 3.64. The lowest BCUT2D eigenvalue weighted by Crippen LogP contribution is -2.22. The fourth-order valence-electron chi connectivity index (χ4n) is 1.59. The highest BCUT2D eigenvalue weighted by Gasteiger charge is 2.29. The topological polar surface area (TPSA) is 49.8 Å². The van der Waals surface area contributed by atoms with Crippen LogP contribution >= 0.6 is 0 Å². The molecule has 0 saturated carbocycles. The van der Waals surface area contributed by atoms with Crippen molar-refractivity contribution in [3.05, 3.63) is 29.8 Å². The fraction of sp³-hybridized carbons (Fsp3) is 0.364. The molecule has 1 atom stereocenters. The maximum Gasteiger partial charge on any atom is 0.253 e. The average molecular weight is 207 g/mol. The number of benzene rings is 1. The molecule has 0 spiro atoms. The molecule has 0 bridgehead atoms. The van der Waals surface area contributed by atoms with Crippen molar-refractivity contribution in [2.75, 3.05) is 5.06 Å². The van der Waals surface area contributed by atoms with Crippen LogP contribution in [0.3, 0.4) is 0 Å². The van der Waals surface area contributed by atoms with E-state index < -0.39 is 0 Å². The van der Waals surface area contributed by atoms with E-state index in [1.54, 1.807) is 24.3 Å². The lowest BCUT2D eigenvalue weighted by atomic mass is 10.2. The monoisotopic (exact) mass is 207 g/mol. The van der Waals surface area contributed by atoms with E-state index in [9.17, 15) is 4.79 Å². The molecule has 1 aliphatic rings. The van der Waals surface area contributed by atoms with Crippen molar-refractivity contribution in [3.8, 4) is 0 Å². The smallest absolute Gasteiger partial charge is 0.253 e. The first kappa shape index (κ1) is 10.1. The number of amides is 1. The molecule has 15 heavy (non-hydrogen) atoms. The molecular formula is C11H13NO3. The summed E-state index contributed by atoms with van der Waals surface area (Å²) in [7, 11) is 0. The molecule has 0 radical (unpaired) electrons. The van der Waals surface area contributed by atoms with Crippen LogP contribution in [0.5, 0.6) is 0 Å². The molecule has 1 aromatic rings. The highest BCUT2D eigenvalue weighted by Crippen LogP contribution is 2.24. The Morgan fingerprint density at radius 3 is 3.00 bits per heavy atom. The van der Waals surface area contributed by atoms with Gasteiger partial charge in [0.25, 0.3) is 5.91 Å². The largest absolute Gasteiger partial charge is 0.392 e. The van der Waals surface area contributed by atoms with Gasteiger partial charge in [0.2, 0.25) is 0 Å². The minimum absolute atomic E-state index is 0.0363. The van der Waals surface area contributed by atoms with Crippen molar-refractivity contribution in [3.63, 3.8) is 0 Å². The molecule has 1 aromatic carbocycles. The number of anilines is 1. The molecule has 1 N–H and O–H groups in total. The number of hydrogen-bond donors (Lipinski definition) is 1. The Balaban J connectivity index is 2.25. The summed E-state index contributed by atoms with van der Waals surface area (Å²) in [5.41, 5.74) is 1.44. The van der Waals surface area contributed by atoms with Crippen molar-refractivity contribution >= 4 is 11.6 Å². The fourth-order valence-corrected chi connectivity index (χ4v) is 1.59. The van der Waals surface area contributed by atoms with Gasteiger partial charge in [0.05, 0.1) is 24.8 Å². The van der Waals surface area contributed by atoms with Gasteiger partial charge in [-0.2, -0.15) is 5.06 Å². The Hall–Kier alpha value is -1.39. The second kappa shape index (κ2) is 4.00. The van der Waals surface area contributed by atoms with Gasteiger partial charge in [0.1, 0.15) is 0 Å². The minimum atomic E-state index is -0.0738. The third kappa shape index (κ3) is 2.00. The van der Waals surface area contributed by atoms with Gasteiger partial charge in [-0.15, -0.1) is 0 Å². The van der Waals surface area contributed by atoms with Crippen LogP contribution in [0, 0.1) is 0 Å². The summed E-state index contributed by atoms with van der Waals surface area (Å²) in [6.07, 6.45) is 0.332. The molecule has 1 unspecified atom stereocenters. The van der Waals surface area contributed by atoms with E-state index in [1.807, 2.05) is 6.92 Å². The first-order valence-electron chi connectivity index (χ1n) is 4.90. The van der Waals surface area contributed by atoms with Crippen LogP contribution in [0.4, 0.5) is 5.69 Å². The number of nitrogens with zero attached hydrogens (tertiary/aromatic N) is 1. The van der Waals surface area contributed by atoms with Crippen LogP contribution in [0.2, 0.25) is 0 Å². The summed E-state index contributed by atoms with van der Waals surface area (Å²) < 4.78 is 0. The molecule has 2 rings (SSSR count). The molecule has 1 fully saturated rings. The lowest BCUT2D eigenvalue weighted by Gasteiger charge is -2.15. The third-order valence-electron chi connectivity index (χ3n) is 2.30. The van der Waals surface area contributed by atoms with E-state index in [0.717, 1.165) is 5.56 Å². The Kier molecular flexibility index (Phi) is 2.70. The Morgan fingerprint density at radius 1 is 1.60 bits per heavy atom. The Bertz CT molecular complexity index is 378. The summed E-state index contributed by atoms with van der Waals surface area (Å²) in [5.74, 6) is -0.0439. The highest BCUT2D eigenvalue weighted by atomic mass is 16.7. The molecule has 1 heterocycles. The minimum Gasteiger partial charge on any atom is -0.392 e. The molecule has 0 aliphatic carbocycles. The number of aliphatic hydroxyl groups excluding tert-OH is 1. The van der Waals surface area contributed by atoms with Crippen molar-refractivity contribution < 1.29 is 14.7 Å². The van der Waals surface area contributed by atoms with Crippen LogP contribution in [0.25, 0.3) is 0 Å². The van der Waals surface area contributed by atoms with Crippen LogP contribution in [0.15, 0.2) is 24.3 Å². The molecule has 0 aromatic heterocycles. The van der Waals surface area contributed by atoms with E-state index in [4.69, 9.17) is 9.94 Å². The van der Waals surface area contributed by atoms with Crippen LogP contribution < -0.4 is 5.06 Å². The quantitative estimate of drug-likeness (QED) is 0.793. The molecule has 1 amide bonds. The van der Waals surface area contributed by atoms with Gasteiger partial charge >= 0.3 is 0 Å². The van der Waals surface area contributed by atoms with Gasteiger partial charge in [-0.3, -0.25) is 9.63 Å². The first-order chi connectivity index (χ1) is 7.20. The van der Waals surface area contributed by atoms with E-state index in [0.29, 0.717) is 12.1 Å².